The number of hydrogen-bond acceptors (Lipinski definition) is 33. The number of aromatic nitrogens is 1. The molecule has 1 aliphatic rings. The van der Waals surface area contributed by atoms with Crippen molar-refractivity contribution in [3.63, 3.8) is 0 Å². The van der Waals surface area contributed by atoms with Gasteiger partial charge < -0.3 is 90.3 Å². The van der Waals surface area contributed by atoms with Crippen LogP contribution in [0.2, 0.25) is 0 Å². The summed E-state index contributed by atoms with van der Waals surface area (Å²) in [6, 6.07) is 4.37. The van der Waals surface area contributed by atoms with E-state index in [1.807, 2.05) is 26.0 Å². The SMILES string of the molecule is CC(=O)N[C@@H](CC(C)C)C(=O)N[C@H](C(=O)N[C@@H](Cc1ccccc1)C(=O)N[C@]1(C)CCCCCCC=CCCC[C@@](C)(C(=O)CN[C@@H](C)C(=O)CCN[C@@H](C)C(=O)CCC(=O)[C@H](C)NCCC(=O)[C@H](C)NCCC(=O)[C@H](C)NCN(C)CC(N)=O)NC(=O)[C@H](CC(C)C)NN[C@@H](CCC(N)=O)C(=O)CN[C@@H](C)C(=O)CC(=O)[C@H](Cc2c[nH]c3ccccc23)NN[C@@H](Cc2ccc(O)cc2)C(=O)C(=O)[C@H](CCC(=O)O)NC1=O)[C@@H](C)O. The van der Waals surface area contributed by atoms with Crippen LogP contribution in [-0.2, 0) is 115 Å². The average molecular weight is 2100 g/mol. The molecule has 0 saturated carbocycles. The number of phenolic OH excluding ortho intramolecular Hbond substituents is 1. The van der Waals surface area contributed by atoms with E-state index >= 15 is 24.0 Å². The van der Waals surface area contributed by atoms with Crippen molar-refractivity contribution in [2.75, 3.05) is 53.0 Å². The van der Waals surface area contributed by atoms with Crippen molar-refractivity contribution in [1.29, 1.82) is 0 Å². The first kappa shape index (κ1) is 128. The fourth-order valence-corrected chi connectivity index (χ4v) is 16.9. The monoisotopic (exact) mass is 2100 g/mol. The number of nitrogens with one attached hydrogen (secondary N) is 17. The number of Topliss-reactive ketones (excluding diaryl/α,β-unsaturated/α-hetero) is 11. The van der Waals surface area contributed by atoms with Gasteiger partial charge in [-0.3, -0.25) is 106 Å². The van der Waals surface area contributed by atoms with Gasteiger partial charge in [0.1, 0.15) is 47.0 Å². The van der Waals surface area contributed by atoms with Crippen molar-refractivity contribution in [1.82, 2.24) is 95.4 Å². The number of aromatic hydroxyl groups is 1. The van der Waals surface area contributed by atoms with Gasteiger partial charge in [0.25, 0.3) is 0 Å². The lowest BCUT2D eigenvalue weighted by Gasteiger charge is -2.34. The topological polar surface area (TPSA) is 666 Å². The maximum Gasteiger partial charge on any atom is 0.303 e. The number of hydrogen-bond donors (Lipinski definition) is 22. The van der Waals surface area contributed by atoms with E-state index in [2.05, 4.69) is 90.5 Å². The van der Waals surface area contributed by atoms with Crippen LogP contribution in [0.25, 0.3) is 10.9 Å². The Hall–Kier alpha value is -12.1. The Morgan fingerprint density at radius 2 is 1.06 bits per heavy atom. The number of phenols is 1. The number of nitrogens with zero attached hydrogens (tertiary/aromatic N) is 1. The highest BCUT2D eigenvalue weighted by Crippen LogP contribution is 2.25. The lowest BCUT2D eigenvalue weighted by Crippen LogP contribution is -2.65. The molecule has 1 aliphatic heterocycles. The van der Waals surface area contributed by atoms with Crippen LogP contribution in [0.4, 0.5) is 0 Å². The molecule has 3 aromatic carbocycles. The summed E-state index contributed by atoms with van der Waals surface area (Å²) in [6.07, 6.45) is 3.15. The predicted molar refractivity (Wildman–Crippen MR) is 564 cm³/mol. The molecule has 0 unspecified atom stereocenters. The Labute approximate surface area is 878 Å². The summed E-state index contributed by atoms with van der Waals surface area (Å²) >= 11 is 0. The molecule has 0 spiro atoms. The third-order valence-electron chi connectivity index (χ3n) is 26.5. The Kier molecular flexibility index (Phi) is 56.3. The number of aromatic amines is 1. The number of carboxylic acids is 1. The highest BCUT2D eigenvalue weighted by molar-refractivity contribution is 6.41. The van der Waals surface area contributed by atoms with E-state index in [1.54, 1.807) is 128 Å². The smallest absolute Gasteiger partial charge is 0.303 e. The summed E-state index contributed by atoms with van der Waals surface area (Å²) in [6.45, 7) is 22.1. The summed E-state index contributed by atoms with van der Waals surface area (Å²) in [5, 5.41) is 66.7. The number of nitrogens with two attached hydrogens (primary N) is 2. The molecule has 2 heterocycles. The van der Waals surface area contributed by atoms with Gasteiger partial charge in [-0.25, -0.2) is 21.7 Å². The van der Waals surface area contributed by atoms with Gasteiger partial charge in [0.15, 0.2) is 40.5 Å². The highest BCUT2D eigenvalue weighted by Gasteiger charge is 2.44. The Morgan fingerprint density at radius 3 is 1.63 bits per heavy atom. The number of primary amides is 2. The number of aliphatic hydroxyl groups excluding tert-OH is 1. The number of aliphatic hydroxyl groups is 1. The predicted octanol–water partition coefficient (Wildman–Crippen LogP) is 1.80. The molecule has 0 saturated heterocycles. The maximum absolute atomic E-state index is 15.6. The average Bonchev–Trinajstić information content (AvgIpc) is 1.31. The third-order valence-corrected chi connectivity index (χ3v) is 26.5. The van der Waals surface area contributed by atoms with Gasteiger partial charge in [-0.2, -0.15) is 0 Å². The number of para-hydroxylation sites is 1. The van der Waals surface area contributed by atoms with Gasteiger partial charge >= 0.3 is 5.97 Å². The molecular formula is C107H164N20O23. The first-order chi connectivity index (χ1) is 70.8. The summed E-state index contributed by atoms with van der Waals surface area (Å²) in [7, 11) is 1.69. The summed E-state index contributed by atoms with van der Waals surface area (Å²) in [4.78, 5) is 283. The molecule has 0 radical (unpaired) electrons. The lowest BCUT2D eigenvalue weighted by molar-refractivity contribution is -0.143. The fraction of sp³-hybridized carbons (Fsp3) is 0.607. The standard InChI is InChI=1S/C107H164N20O23/c1-63(2)52-83(117-72(12)129)101(146)120-98(71(11)128)104(149)118-84(55-73-30-24-23-25-31-73)102(147)122-107(14)48-29-22-20-18-16-17-19-21-28-47-106(13,94(139)60-114-68(8)89(134)45-50-111-66(6)87(132)41-40-86(131)65(5)110-49-44-88(133)67(7)112-51-46-90(135)69(9)116-62-127(15)61-96(109)141)121-103(148)85(53-64(3)4)126-123-79(38-42-95(108)140)93(138)59-113-70(10)91(136)57-92(137)81(56-75-58-115-78-33-27-26-32-77(75)78)124-125-82(54-74-34-36-76(130)37-35-74)100(145)99(144)80(119-105(107)150)39-43-97(142)143/h17,19,23-27,30-37,58,63-71,79-85,98,110-116,123-126,128,130H,16,18,20-22,28-29,38-57,59-62H2,1-15H3,(H2,108,140)(H2,109,141)(H,117,129)(H,118,149)(H,119,150)(H,120,146)(H,121,148)(H,122,147)(H,142,143)/t65-,66-,67-,68-,69-,70-,71+,79-,80-,81-,82-,83-,84-,85-,98-,106-,107+/m0/s1. The van der Waals surface area contributed by atoms with E-state index in [0.29, 0.717) is 66.1 Å². The van der Waals surface area contributed by atoms with Crippen LogP contribution in [0.15, 0.2) is 97.2 Å². The van der Waals surface area contributed by atoms with Crippen molar-refractivity contribution in [3.05, 3.63) is 114 Å². The zero-order chi connectivity index (χ0) is 112. The fourth-order valence-electron chi connectivity index (χ4n) is 16.9. The second kappa shape index (κ2) is 65.9. The van der Waals surface area contributed by atoms with Crippen LogP contribution in [-0.4, -0.2) is 297 Å². The van der Waals surface area contributed by atoms with Crippen molar-refractivity contribution >= 4 is 128 Å². The number of amides is 8. The van der Waals surface area contributed by atoms with Crippen LogP contribution >= 0.6 is 0 Å². The zero-order valence-electron chi connectivity index (χ0n) is 89.6. The van der Waals surface area contributed by atoms with E-state index in [4.69, 9.17) is 11.5 Å². The van der Waals surface area contributed by atoms with Gasteiger partial charge in [-0.1, -0.05) is 120 Å². The van der Waals surface area contributed by atoms with E-state index in [9.17, 15) is 87.2 Å². The molecule has 24 N–H and O–H groups in total. The van der Waals surface area contributed by atoms with Crippen molar-refractivity contribution in [3.8, 4) is 5.75 Å². The van der Waals surface area contributed by atoms with Crippen molar-refractivity contribution in [2.24, 2.45) is 23.3 Å². The Morgan fingerprint density at radius 1 is 0.520 bits per heavy atom. The molecule has 1 aromatic heterocycles. The summed E-state index contributed by atoms with van der Waals surface area (Å²) in [5.74, 6) is -14.7. The number of carbonyl (C=O) groups excluding carboxylic acids is 19. The summed E-state index contributed by atoms with van der Waals surface area (Å²) < 4.78 is 0. The molecule has 150 heavy (non-hydrogen) atoms. The van der Waals surface area contributed by atoms with Crippen LogP contribution in [0.5, 0.6) is 5.75 Å². The number of aliphatic carboxylic acids is 1. The van der Waals surface area contributed by atoms with E-state index in [0.717, 1.165) is 0 Å². The van der Waals surface area contributed by atoms with Gasteiger partial charge in [0.2, 0.25) is 58.8 Å². The van der Waals surface area contributed by atoms with Crippen LogP contribution in [0, 0.1) is 11.8 Å². The number of rotatable bonds is 53. The quantitative estimate of drug-likeness (QED) is 0.0130. The highest BCUT2D eigenvalue weighted by atomic mass is 16.4. The number of benzene rings is 3. The molecule has 0 aliphatic carbocycles. The minimum Gasteiger partial charge on any atom is -0.508 e. The number of likely N-dealkylation sites (N-methyl/N-ethyl adjacent to an activating group) is 1. The van der Waals surface area contributed by atoms with Gasteiger partial charge in [-0.05, 0) is 193 Å². The first-order valence-electron chi connectivity index (χ1n) is 52.1. The normalized spacial score (nSPS) is 21.3. The van der Waals surface area contributed by atoms with Gasteiger partial charge in [0, 0.05) is 102 Å². The third kappa shape index (κ3) is 46.8. The largest absolute Gasteiger partial charge is 0.508 e. The number of allylic oxidation sites excluding steroid dienone is 2. The molecule has 830 valence electrons. The van der Waals surface area contributed by atoms with E-state index in [1.165, 1.54) is 52.0 Å². The molecule has 43 heteroatoms. The Bertz CT molecular complexity index is 5210. The minimum atomic E-state index is -2.10. The van der Waals surface area contributed by atoms with Crippen molar-refractivity contribution in [2.45, 2.75) is 353 Å². The molecule has 0 fully saturated rings. The summed E-state index contributed by atoms with van der Waals surface area (Å²) in [5.41, 5.74) is 20.9. The zero-order valence-corrected chi connectivity index (χ0v) is 89.6. The van der Waals surface area contributed by atoms with Crippen LogP contribution < -0.4 is 97.0 Å². The lowest BCUT2D eigenvalue weighted by atomic mass is 9.88. The number of carbonyl (C=O) groups is 20. The second-order valence-corrected chi connectivity index (χ2v) is 40.7. The van der Waals surface area contributed by atoms with Crippen molar-refractivity contribution < 1.29 is 111 Å². The second-order valence-electron chi connectivity index (χ2n) is 40.7. The number of carboxylic acid groups (broad SMARTS) is 1. The molecule has 4 aromatic rings. The van der Waals surface area contributed by atoms with Gasteiger partial charge in [-0.15, -0.1) is 0 Å². The minimum absolute atomic E-state index is 0.0264. The van der Waals surface area contributed by atoms with Gasteiger partial charge in [0.05, 0.1) is 98.1 Å². The maximum atomic E-state index is 15.6. The van der Waals surface area contributed by atoms with E-state index in [-0.39, 0.29) is 176 Å². The molecule has 8 amide bonds. The van der Waals surface area contributed by atoms with Crippen LogP contribution in [0.3, 0.4) is 0 Å². The first-order valence-corrected chi connectivity index (χ1v) is 52.1. The molecular weight excluding hydrogens is 1930 g/mol. The number of fused-ring (bicyclic) bond motifs is 1. The molecule has 17 atom stereocenters. The number of ketones is 11. The molecule has 5 rings (SSSR count). The van der Waals surface area contributed by atoms with E-state index < -0.39 is 222 Å². The molecule has 0 bridgehead atoms. The Balaban J connectivity index is 1.45. The van der Waals surface area contributed by atoms with Crippen LogP contribution in [0.1, 0.15) is 248 Å². The number of H-pyrrole nitrogens is 1. The number of hydrazine groups is 2. The molecule has 43 nitrogen and oxygen atoms in total.